The van der Waals surface area contributed by atoms with E-state index in [0.29, 0.717) is 0 Å². The van der Waals surface area contributed by atoms with Crippen LogP contribution >= 0.6 is 11.8 Å². The van der Waals surface area contributed by atoms with Gasteiger partial charge in [-0.3, -0.25) is 4.79 Å². The van der Waals surface area contributed by atoms with Crippen molar-refractivity contribution in [2.75, 3.05) is 18.8 Å². The monoisotopic (exact) mass is 264 g/mol. The van der Waals surface area contributed by atoms with Crippen molar-refractivity contribution in [1.82, 2.24) is 10.6 Å². The van der Waals surface area contributed by atoms with Crippen molar-refractivity contribution < 1.29 is 4.79 Å². The fraction of sp³-hybridized carbons (Fsp3) is 0.500. The highest BCUT2D eigenvalue weighted by Crippen LogP contribution is 2.15. The largest absolute Gasteiger partial charge is 0.354 e. The van der Waals surface area contributed by atoms with Crippen LogP contribution in [0.5, 0.6) is 0 Å². The first-order valence-electron chi connectivity index (χ1n) is 6.55. The zero-order valence-electron chi connectivity index (χ0n) is 10.5. The SMILES string of the molecule is O=C(NCCSc1ccccc1)[C@@H]1CCCCN1. The third kappa shape index (κ3) is 4.35. The summed E-state index contributed by atoms with van der Waals surface area (Å²) in [6, 6.07) is 10.3. The van der Waals surface area contributed by atoms with E-state index in [4.69, 9.17) is 0 Å². The number of hydrogen-bond donors (Lipinski definition) is 2. The molecule has 1 aliphatic rings. The lowest BCUT2D eigenvalue weighted by atomic mass is 10.0. The molecule has 0 radical (unpaired) electrons. The molecule has 1 aliphatic heterocycles. The van der Waals surface area contributed by atoms with E-state index in [2.05, 4.69) is 22.8 Å². The van der Waals surface area contributed by atoms with Crippen LogP contribution in [-0.4, -0.2) is 30.8 Å². The number of nitrogens with one attached hydrogen (secondary N) is 2. The Balaban J connectivity index is 1.61. The van der Waals surface area contributed by atoms with E-state index in [0.717, 1.165) is 31.7 Å². The highest BCUT2D eigenvalue weighted by molar-refractivity contribution is 7.99. The number of rotatable bonds is 5. The van der Waals surface area contributed by atoms with Crippen molar-refractivity contribution in [2.45, 2.75) is 30.2 Å². The van der Waals surface area contributed by atoms with Crippen LogP contribution in [-0.2, 0) is 4.79 Å². The first-order valence-corrected chi connectivity index (χ1v) is 7.54. The van der Waals surface area contributed by atoms with Gasteiger partial charge in [0, 0.05) is 17.2 Å². The van der Waals surface area contributed by atoms with Crippen molar-refractivity contribution in [3.63, 3.8) is 0 Å². The molecule has 2 rings (SSSR count). The van der Waals surface area contributed by atoms with E-state index in [1.165, 1.54) is 11.3 Å². The number of piperidine rings is 1. The summed E-state index contributed by atoms with van der Waals surface area (Å²) in [6.45, 7) is 1.70. The summed E-state index contributed by atoms with van der Waals surface area (Å²) in [5, 5.41) is 6.26. The summed E-state index contributed by atoms with van der Waals surface area (Å²) in [5.41, 5.74) is 0. The number of carbonyl (C=O) groups is 1. The van der Waals surface area contributed by atoms with E-state index in [9.17, 15) is 4.79 Å². The maximum absolute atomic E-state index is 11.8. The van der Waals surface area contributed by atoms with E-state index < -0.39 is 0 Å². The second-order valence-electron chi connectivity index (χ2n) is 4.46. The van der Waals surface area contributed by atoms with Gasteiger partial charge in [0.25, 0.3) is 0 Å². The molecule has 3 nitrogen and oxygen atoms in total. The standard InChI is InChI=1S/C14H20N2OS/c17-14(13-8-4-5-9-15-13)16-10-11-18-12-6-2-1-3-7-12/h1-3,6-7,13,15H,4-5,8-11H2,(H,16,17)/t13-/m0/s1. The second-order valence-corrected chi connectivity index (χ2v) is 5.62. The van der Waals surface area contributed by atoms with Gasteiger partial charge in [0.15, 0.2) is 0 Å². The normalized spacial score (nSPS) is 19.4. The summed E-state index contributed by atoms with van der Waals surface area (Å²) in [4.78, 5) is 13.1. The lowest BCUT2D eigenvalue weighted by Gasteiger charge is -2.22. The van der Waals surface area contributed by atoms with Crippen LogP contribution in [0.3, 0.4) is 0 Å². The van der Waals surface area contributed by atoms with Crippen LogP contribution in [0.15, 0.2) is 35.2 Å². The molecule has 98 valence electrons. The van der Waals surface area contributed by atoms with Gasteiger partial charge in [-0.15, -0.1) is 11.8 Å². The predicted octanol–water partition coefficient (Wildman–Crippen LogP) is 2.04. The minimum atomic E-state index is 0.0282. The molecule has 4 heteroatoms. The summed E-state index contributed by atoms with van der Waals surface area (Å²) in [5.74, 6) is 1.08. The number of amides is 1. The van der Waals surface area contributed by atoms with E-state index in [-0.39, 0.29) is 11.9 Å². The predicted molar refractivity (Wildman–Crippen MR) is 75.8 cm³/mol. The van der Waals surface area contributed by atoms with Gasteiger partial charge in [-0.1, -0.05) is 24.6 Å². The van der Waals surface area contributed by atoms with Crippen molar-refractivity contribution in [2.24, 2.45) is 0 Å². The van der Waals surface area contributed by atoms with Gasteiger partial charge >= 0.3 is 0 Å². The van der Waals surface area contributed by atoms with Crippen LogP contribution < -0.4 is 10.6 Å². The fourth-order valence-corrected chi connectivity index (χ4v) is 2.85. The molecule has 1 aromatic rings. The van der Waals surface area contributed by atoms with Gasteiger partial charge in [0.1, 0.15) is 0 Å². The van der Waals surface area contributed by atoms with Crippen LogP contribution in [0.2, 0.25) is 0 Å². The Kier molecular flexibility index (Phi) is 5.55. The summed E-state index contributed by atoms with van der Waals surface area (Å²) in [6.07, 6.45) is 3.31. The van der Waals surface area contributed by atoms with Gasteiger partial charge in [-0.05, 0) is 31.5 Å². The topological polar surface area (TPSA) is 41.1 Å². The minimum Gasteiger partial charge on any atom is -0.354 e. The Labute approximate surface area is 113 Å². The number of carbonyl (C=O) groups excluding carboxylic acids is 1. The molecule has 0 unspecified atom stereocenters. The van der Waals surface area contributed by atoms with Gasteiger partial charge in [-0.2, -0.15) is 0 Å². The average molecular weight is 264 g/mol. The lowest BCUT2D eigenvalue weighted by Crippen LogP contribution is -2.47. The van der Waals surface area contributed by atoms with Crippen molar-refractivity contribution >= 4 is 17.7 Å². The number of benzene rings is 1. The zero-order valence-corrected chi connectivity index (χ0v) is 11.3. The van der Waals surface area contributed by atoms with Crippen molar-refractivity contribution in [1.29, 1.82) is 0 Å². The van der Waals surface area contributed by atoms with Crippen molar-refractivity contribution in [3.8, 4) is 0 Å². The molecule has 0 aromatic heterocycles. The second kappa shape index (κ2) is 7.44. The Bertz CT molecular complexity index is 363. The maximum Gasteiger partial charge on any atom is 0.237 e. The van der Waals surface area contributed by atoms with E-state index >= 15 is 0 Å². The zero-order chi connectivity index (χ0) is 12.6. The Hall–Kier alpha value is -1.00. The molecule has 1 heterocycles. The third-order valence-corrected chi connectivity index (χ3v) is 4.05. The Morgan fingerprint density at radius 2 is 2.17 bits per heavy atom. The molecule has 1 atom stereocenters. The van der Waals surface area contributed by atoms with Gasteiger partial charge in [0.2, 0.25) is 5.91 Å². The molecular formula is C14H20N2OS. The molecule has 0 spiro atoms. The van der Waals surface area contributed by atoms with Crippen LogP contribution in [0.25, 0.3) is 0 Å². The molecule has 18 heavy (non-hydrogen) atoms. The highest BCUT2D eigenvalue weighted by Gasteiger charge is 2.19. The molecule has 1 saturated heterocycles. The smallest absolute Gasteiger partial charge is 0.237 e. The summed E-state index contributed by atoms with van der Waals surface area (Å²) < 4.78 is 0. The number of hydrogen-bond acceptors (Lipinski definition) is 3. The lowest BCUT2D eigenvalue weighted by molar-refractivity contribution is -0.123. The minimum absolute atomic E-state index is 0.0282. The van der Waals surface area contributed by atoms with Gasteiger partial charge in [0.05, 0.1) is 6.04 Å². The molecule has 1 amide bonds. The van der Waals surface area contributed by atoms with E-state index in [1.807, 2.05) is 18.2 Å². The van der Waals surface area contributed by atoms with Crippen LogP contribution in [0.4, 0.5) is 0 Å². The highest BCUT2D eigenvalue weighted by atomic mass is 32.2. The quantitative estimate of drug-likeness (QED) is 0.631. The first kappa shape index (κ1) is 13.4. The average Bonchev–Trinajstić information content (AvgIpc) is 2.45. The fourth-order valence-electron chi connectivity index (χ4n) is 2.06. The van der Waals surface area contributed by atoms with Crippen molar-refractivity contribution in [3.05, 3.63) is 30.3 Å². The van der Waals surface area contributed by atoms with Crippen LogP contribution in [0, 0.1) is 0 Å². The Morgan fingerprint density at radius 3 is 2.89 bits per heavy atom. The molecule has 0 aliphatic carbocycles. The molecule has 0 saturated carbocycles. The van der Waals surface area contributed by atoms with E-state index in [1.54, 1.807) is 11.8 Å². The molecule has 2 N–H and O–H groups in total. The van der Waals surface area contributed by atoms with Gasteiger partial charge < -0.3 is 10.6 Å². The maximum atomic E-state index is 11.8. The molecule has 1 fully saturated rings. The third-order valence-electron chi connectivity index (χ3n) is 3.04. The number of thioether (sulfide) groups is 1. The molecule has 0 bridgehead atoms. The van der Waals surface area contributed by atoms with Crippen LogP contribution in [0.1, 0.15) is 19.3 Å². The molecule has 1 aromatic carbocycles. The summed E-state index contributed by atoms with van der Waals surface area (Å²) in [7, 11) is 0. The van der Waals surface area contributed by atoms with Gasteiger partial charge in [-0.25, -0.2) is 0 Å². The molecular weight excluding hydrogens is 244 g/mol. The summed E-state index contributed by atoms with van der Waals surface area (Å²) >= 11 is 1.77. The Morgan fingerprint density at radius 1 is 1.33 bits per heavy atom. The first-order chi connectivity index (χ1) is 8.86.